The minimum Gasteiger partial charge on any atom is -0.438 e. The van der Waals surface area contributed by atoms with Crippen molar-refractivity contribution in [3.8, 4) is 0 Å². The molecule has 3 aromatic carbocycles. The molecule has 0 aromatic heterocycles. The summed E-state index contributed by atoms with van der Waals surface area (Å²) in [7, 11) is -5.63. The van der Waals surface area contributed by atoms with Gasteiger partial charge in [-0.05, 0) is 67.9 Å². The van der Waals surface area contributed by atoms with E-state index in [0.29, 0.717) is 11.1 Å². The Bertz CT molecular complexity index is 1310. The van der Waals surface area contributed by atoms with Crippen LogP contribution in [0.5, 0.6) is 0 Å². The lowest BCUT2D eigenvalue weighted by Crippen LogP contribution is -2.25. The molecule has 186 valence electrons. The first-order valence-electron chi connectivity index (χ1n) is 10.3. The fraction of sp³-hybridized carbons (Fsp3) is 0.250. The first-order valence-corrected chi connectivity index (χ1v) is 12.7. The Morgan fingerprint density at radius 2 is 1.69 bits per heavy atom. The number of para-hydroxylation sites is 1. The molecule has 0 aliphatic heterocycles. The average Bonchev–Trinajstić information content (AvgIpc) is 2.78. The summed E-state index contributed by atoms with van der Waals surface area (Å²) in [5, 5.41) is 3.46. The molecule has 0 radical (unpaired) electrons. The molecule has 3 rings (SSSR count). The van der Waals surface area contributed by atoms with E-state index in [4.69, 9.17) is 0 Å². The van der Waals surface area contributed by atoms with Crippen molar-refractivity contribution in [3.63, 3.8) is 0 Å². The van der Waals surface area contributed by atoms with Crippen molar-refractivity contribution in [1.29, 1.82) is 0 Å². The van der Waals surface area contributed by atoms with Gasteiger partial charge in [0.1, 0.15) is 0 Å². The second-order valence-electron chi connectivity index (χ2n) is 8.70. The van der Waals surface area contributed by atoms with Crippen LogP contribution in [0.1, 0.15) is 36.7 Å². The fourth-order valence-electron chi connectivity index (χ4n) is 2.97. The van der Waals surface area contributed by atoms with Crippen molar-refractivity contribution in [1.82, 2.24) is 0 Å². The Morgan fingerprint density at radius 1 is 1.03 bits per heavy atom. The number of hydrogen-bond donors (Lipinski definition) is 2. The lowest BCUT2D eigenvalue weighted by atomic mass is 9.98. The molecule has 0 heterocycles. The van der Waals surface area contributed by atoms with E-state index >= 15 is 8.78 Å². The maximum absolute atomic E-state index is 15.1. The predicted molar refractivity (Wildman–Crippen MR) is 131 cm³/mol. The van der Waals surface area contributed by atoms with Crippen molar-refractivity contribution in [2.75, 3.05) is 12.1 Å². The molecule has 0 aliphatic rings. The van der Waals surface area contributed by atoms with Crippen molar-refractivity contribution in [2.45, 2.75) is 26.4 Å². The molecule has 11 heteroatoms. The van der Waals surface area contributed by atoms with Gasteiger partial charge in [0.2, 0.25) is 6.79 Å². The molecule has 1 atom stereocenters. The third-order valence-corrected chi connectivity index (χ3v) is 6.99. The standard InChI is InChI=1S/C24H23BrF2NO6P/c1-23(2,3)22(30)33-14-34-35(31,32)24(26,27)19-12-17-11-16(10-9-15(17)13-20(19)25)21(29)28-18-7-5-4-6-8-18/h4-13H,14H2,1-3H3,(H,28,29)(H,31,32). The Morgan fingerprint density at radius 3 is 2.31 bits per heavy atom. The summed E-state index contributed by atoms with van der Waals surface area (Å²) in [6.07, 6.45) is 0. The smallest absolute Gasteiger partial charge is 0.404 e. The number of alkyl halides is 2. The second kappa shape index (κ2) is 10.1. The first kappa shape index (κ1) is 26.9. The molecule has 35 heavy (non-hydrogen) atoms. The number of nitrogens with one attached hydrogen (secondary N) is 1. The maximum atomic E-state index is 15.1. The number of fused-ring (bicyclic) bond motifs is 1. The summed E-state index contributed by atoms with van der Waals surface area (Å²) in [5.74, 6) is -1.24. The Labute approximate surface area is 209 Å². The van der Waals surface area contributed by atoms with E-state index < -0.39 is 42.9 Å². The monoisotopic (exact) mass is 569 g/mol. The van der Waals surface area contributed by atoms with Crippen LogP contribution >= 0.6 is 23.5 Å². The molecule has 0 fully saturated rings. The lowest BCUT2D eigenvalue weighted by molar-refractivity contribution is -0.160. The Hall–Kier alpha value is -2.65. The molecule has 3 aromatic rings. The summed E-state index contributed by atoms with van der Waals surface area (Å²) in [5.41, 5.74) is -5.35. The van der Waals surface area contributed by atoms with Gasteiger partial charge in [-0.2, -0.15) is 8.78 Å². The van der Waals surface area contributed by atoms with Crippen LogP contribution in [0.2, 0.25) is 0 Å². The zero-order valence-corrected chi connectivity index (χ0v) is 21.5. The van der Waals surface area contributed by atoms with Gasteiger partial charge in [-0.1, -0.05) is 40.2 Å². The number of benzene rings is 3. The molecule has 0 saturated carbocycles. The Balaban J connectivity index is 1.87. The molecule has 1 unspecified atom stereocenters. The minimum absolute atomic E-state index is 0.138. The van der Waals surface area contributed by atoms with Gasteiger partial charge in [-0.3, -0.25) is 18.7 Å². The number of carbonyl (C=O) groups excluding carboxylic acids is 2. The third-order valence-electron chi connectivity index (χ3n) is 4.93. The van der Waals surface area contributed by atoms with Gasteiger partial charge in [0.15, 0.2) is 0 Å². The number of amides is 1. The normalized spacial score (nSPS) is 13.8. The van der Waals surface area contributed by atoms with E-state index in [1.165, 1.54) is 39.0 Å². The number of ether oxygens (including phenoxy) is 1. The summed E-state index contributed by atoms with van der Waals surface area (Å²) >= 11 is 3.02. The number of anilines is 1. The highest BCUT2D eigenvalue weighted by Crippen LogP contribution is 2.64. The number of halogens is 3. The topological polar surface area (TPSA) is 102 Å². The van der Waals surface area contributed by atoms with Crippen molar-refractivity contribution in [3.05, 3.63) is 76.3 Å². The average molecular weight is 570 g/mol. The van der Waals surface area contributed by atoms with E-state index in [1.807, 2.05) is 0 Å². The van der Waals surface area contributed by atoms with Crippen LogP contribution in [0.15, 0.2) is 65.1 Å². The third kappa shape index (κ3) is 6.13. The molecule has 7 nitrogen and oxygen atoms in total. The zero-order valence-electron chi connectivity index (χ0n) is 19.1. The molecular formula is C24H23BrF2NO6P. The molecule has 0 bridgehead atoms. The largest absolute Gasteiger partial charge is 0.438 e. The summed E-state index contributed by atoms with van der Waals surface area (Å²) in [6, 6.07) is 15.6. The molecule has 2 N–H and O–H groups in total. The lowest BCUT2D eigenvalue weighted by Gasteiger charge is -2.24. The number of carbonyl (C=O) groups is 2. The second-order valence-corrected chi connectivity index (χ2v) is 11.4. The summed E-state index contributed by atoms with van der Waals surface area (Å²) in [6.45, 7) is 3.48. The van der Waals surface area contributed by atoms with E-state index in [0.717, 1.165) is 6.07 Å². The molecule has 1 amide bonds. The highest BCUT2D eigenvalue weighted by atomic mass is 79.9. The Kier molecular flexibility index (Phi) is 7.81. The van der Waals surface area contributed by atoms with Crippen LogP contribution in [-0.4, -0.2) is 23.6 Å². The number of hydrogen-bond acceptors (Lipinski definition) is 5. The molecular weight excluding hydrogens is 547 g/mol. The SMILES string of the molecule is CC(C)(C)C(=O)OCOP(=O)(O)C(F)(F)c1cc2cc(C(=O)Nc3ccccc3)ccc2cc1Br. The van der Waals surface area contributed by atoms with Crippen LogP contribution in [0, 0.1) is 5.41 Å². The fourth-order valence-corrected chi connectivity index (χ4v) is 4.58. The van der Waals surface area contributed by atoms with E-state index in [-0.39, 0.29) is 15.4 Å². The van der Waals surface area contributed by atoms with Gasteiger partial charge in [0.25, 0.3) is 5.91 Å². The van der Waals surface area contributed by atoms with Gasteiger partial charge in [-0.15, -0.1) is 0 Å². The van der Waals surface area contributed by atoms with Crippen LogP contribution < -0.4 is 5.32 Å². The van der Waals surface area contributed by atoms with Crippen LogP contribution in [-0.2, 0) is 24.3 Å². The molecule has 0 saturated heterocycles. The van der Waals surface area contributed by atoms with E-state index in [1.54, 1.807) is 36.4 Å². The molecule has 0 aliphatic carbocycles. The van der Waals surface area contributed by atoms with Crippen LogP contribution in [0.25, 0.3) is 10.8 Å². The van der Waals surface area contributed by atoms with Gasteiger partial charge in [-0.25, -0.2) is 0 Å². The van der Waals surface area contributed by atoms with E-state index in [2.05, 4.69) is 30.5 Å². The van der Waals surface area contributed by atoms with E-state index in [9.17, 15) is 19.0 Å². The summed E-state index contributed by atoms with van der Waals surface area (Å²) < 4.78 is 51.7. The predicted octanol–water partition coefficient (Wildman–Crippen LogP) is 6.65. The highest BCUT2D eigenvalue weighted by molar-refractivity contribution is 9.10. The van der Waals surface area contributed by atoms with Crippen molar-refractivity contribution >= 4 is 51.9 Å². The first-order chi connectivity index (χ1) is 16.2. The maximum Gasteiger partial charge on any atom is 0.404 e. The van der Waals surface area contributed by atoms with Gasteiger partial charge in [0, 0.05) is 21.3 Å². The molecule has 0 spiro atoms. The van der Waals surface area contributed by atoms with Gasteiger partial charge in [0.05, 0.1) is 5.41 Å². The van der Waals surface area contributed by atoms with Gasteiger partial charge < -0.3 is 14.9 Å². The summed E-state index contributed by atoms with van der Waals surface area (Å²) in [4.78, 5) is 34.4. The zero-order chi connectivity index (χ0) is 26.0. The quantitative estimate of drug-likeness (QED) is 0.187. The number of rotatable bonds is 7. The van der Waals surface area contributed by atoms with Crippen LogP contribution in [0.4, 0.5) is 14.5 Å². The van der Waals surface area contributed by atoms with Crippen LogP contribution in [0.3, 0.4) is 0 Å². The van der Waals surface area contributed by atoms with Gasteiger partial charge >= 0.3 is 19.2 Å². The van der Waals surface area contributed by atoms with Crippen molar-refractivity contribution in [2.24, 2.45) is 5.41 Å². The highest BCUT2D eigenvalue weighted by Gasteiger charge is 2.54. The number of esters is 1. The minimum atomic E-state index is -5.63. The van der Waals surface area contributed by atoms with Crippen molar-refractivity contribution < 1.29 is 37.1 Å².